The maximum Gasteiger partial charge on any atom is 0.270 e. The highest BCUT2D eigenvalue weighted by Gasteiger charge is 2.15. The Balaban J connectivity index is 1.61. The number of nitro benzene ring substituents is 1. The lowest BCUT2D eigenvalue weighted by atomic mass is 10.2. The van der Waals surface area contributed by atoms with Gasteiger partial charge >= 0.3 is 0 Å². The van der Waals surface area contributed by atoms with Gasteiger partial charge in [0.15, 0.2) is 0 Å². The highest BCUT2D eigenvalue weighted by Crippen LogP contribution is 2.31. The second-order valence-electron chi connectivity index (χ2n) is 5.65. The van der Waals surface area contributed by atoms with Gasteiger partial charge in [0.25, 0.3) is 11.6 Å². The van der Waals surface area contributed by atoms with E-state index >= 15 is 0 Å². The van der Waals surface area contributed by atoms with E-state index in [9.17, 15) is 14.9 Å². The number of carbonyl (C=O) groups excluding carboxylic acids is 1. The summed E-state index contributed by atoms with van der Waals surface area (Å²) < 4.78 is 0. The SMILES string of the molecule is Cc1[nH]c2ccccc2c1SCCNC(=O)c1cc([N+](=O)[O-])ccc1Cl. The molecular formula is C18H16ClN3O3S. The fraction of sp³-hybridized carbons (Fsp3) is 0.167. The summed E-state index contributed by atoms with van der Waals surface area (Å²) in [4.78, 5) is 27.0. The predicted octanol–water partition coefficient (Wildman–Crippen LogP) is 4.56. The third-order valence-corrected chi connectivity index (χ3v) is 5.43. The minimum absolute atomic E-state index is 0.106. The summed E-state index contributed by atoms with van der Waals surface area (Å²) in [6.07, 6.45) is 0. The van der Waals surface area contributed by atoms with Crippen LogP contribution < -0.4 is 5.32 Å². The van der Waals surface area contributed by atoms with Crippen molar-refractivity contribution in [2.24, 2.45) is 0 Å². The molecule has 0 aliphatic rings. The number of carbonyl (C=O) groups is 1. The first-order valence-electron chi connectivity index (χ1n) is 7.89. The number of hydrogen-bond acceptors (Lipinski definition) is 4. The summed E-state index contributed by atoms with van der Waals surface area (Å²) in [5.41, 5.74) is 2.11. The number of nitrogens with zero attached hydrogens (tertiary/aromatic N) is 1. The molecule has 8 heteroatoms. The average Bonchev–Trinajstić information content (AvgIpc) is 2.94. The Labute approximate surface area is 159 Å². The quantitative estimate of drug-likeness (QED) is 0.280. The van der Waals surface area contributed by atoms with E-state index in [1.54, 1.807) is 11.8 Å². The summed E-state index contributed by atoms with van der Waals surface area (Å²) in [7, 11) is 0. The van der Waals surface area contributed by atoms with Crippen LogP contribution in [0.5, 0.6) is 0 Å². The van der Waals surface area contributed by atoms with Crippen LogP contribution in [-0.2, 0) is 0 Å². The standard InChI is InChI=1S/C18H16ClN3O3S/c1-11-17(13-4-2-3-5-16(13)21-11)26-9-8-20-18(23)14-10-12(22(24)25)6-7-15(14)19/h2-7,10,21H,8-9H2,1H3,(H,20,23). The Bertz CT molecular complexity index is 987. The molecule has 0 atom stereocenters. The van der Waals surface area contributed by atoms with Crippen LogP contribution in [0.1, 0.15) is 16.1 Å². The second-order valence-corrected chi connectivity index (χ2v) is 7.16. The van der Waals surface area contributed by atoms with Crippen molar-refractivity contribution in [3.63, 3.8) is 0 Å². The van der Waals surface area contributed by atoms with Gasteiger partial charge in [-0.2, -0.15) is 0 Å². The number of aryl methyl sites for hydroxylation is 1. The molecule has 0 spiro atoms. The van der Waals surface area contributed by atoms with E-state index in [-0.39, 0.29) is 16.3 Å². The first kappa shape index (κ1) is 18.3. The lowest BCUT2D eigenvalue weighted by Gasteiger charge is -2.07. The predicted molar refractivity (Wildman–Crippen MR) is 104 cm³/mol. The molecule has 1 aromatic heterocycles. The molecule has 1 heterocycles. The maximum atomic E-state index is 12.2. The number of para-hydroxylation sites is 1. The number of benzene rings is 2. The van der Waals surface area contributed by atoms with Crippen molar-refractivity contribution >= 4 is 45.9 Å². The van der Waals surface area contributed by atoms with Gasteiger partial charge in [-0.15, -0.1) is 11.8 Å². The number of amides is 1. The Morgan fingerprint density at radius 1 is 1.31 bits per heavy atom. The topological polar surface area (TPSA) is 88.0 Å². The molecule has 26 heavy (non-hydrogen) atoms. The van der Waals surface area contributed by atoms with Crippen LogP contribution in [0.3, 0.4) is 0 Å². The summed E-state index contributed by atoms with van der Waals surface area (Å²) in [6, 6.07) is 11.9. The molecule has 0 fully saturated rings. The first-order valence-corrected chi connectivity index (χ1v) is 9.26. The van der Waals surface area contributed by atoms with E-state index in [1.165, 1.54) is 18.2 Å². The van der Waals surface area contributed by atoms with Gasteiger partial charge in [-0.05, 0) is 19.1 Å². The summed E-state index contributed by atoms with van der Waals surface area (Å²) >= 11 is 7.63. The number of aromatic amines is 1. The van der Waals surface area contributed by atoms with Crippen molar-refractivity contribution in [1.29, 1.82) is 0 Å². The maximum absolute atomic E-state index is 12.2. The monoisotopic (exact) mass is 389 g/mol. The van der Waals surface area contributed by atoms with Crippen molar-refractivity contribution in [2.75, 3.05) is 12.3 Å². The van der Waals surface area contributed by atoms with E-state index in [0.717, 1.165) is 21.5 Å². The molecule has 3 rings (SSSR count). The first-order chi connectivity index (χ1) is 12.5. The number of nitrogens with one attached hydrogen (secondary N) is 2. The number of thioether (sulfide) groups is 1. The van der Waals surface area contributed by atoms with Gasteiger partial charge in [-0.25, -0.2) is 0 Å². The molecule has 0 unspecified atom stereocenters. The molecule has 6 nitrogen and oxygen atoms in total. The molecule has 0 bridgehead atoms. The van der Waals surface area contributed by atoms with E-state index < -0.39 is 10.8 Å². The van der Waals surface area contributed by atoms with Crippen molar-refractivity contribution in [2.45, 2.75) is 11.8 Å². The largest absolute Gasteiger partial charge is 0.358 e. The van der Waals surface area contributed by atoms with Crippen LogP contribution >= 0.6 is 23.4 Å². The van der Waals surface area contributed by atoms with E-state index in [4.69, 9.17) is 11.6 Å². The van der Waals surface area contributed by atoms with Crippen LogP contribution in [0, 0.1) is 17.0 Å². The molecule has 0 saturated carbocycles. The molecule has 134 valence electrons. The van der Waals surface area contributed by atoms with Crippen molar-refractivity contribution in [3.05, 3.63) is 68.9 Å². The number of aromatic nitrogens is 1. The summed E-state index contributed by atoms with van der Waals surface area (Å²) in [6.45, 7) is 2.44. The Hall–Kier alpha value is -2.51. The molecule has 0 saturated heterocycles. The Morgan fingerprint density at radius 2 is 2.08 bits per heavy atom. The third-order valence-electron chi connectivity index (χ3n) is 3.87. The Kier molecular flexibility index (Phi) is 5.49. The number of rotatable bonds is 6. The summed E-state index contributed by atoms with van der Waals surface area (Å²) in [5, 5.41) is 14.9. The van der Waals surface area contributed by atoms with Gasteiger partial charge in [0.2, 0.25) is 0 Å². The van der Waals surface area contributed by atoms with Crippen molar-refractivity contribution < 1.29 is 9.72 Å². The van der Waals surface area contributed by atoms with Crippen LogP contribution in [0.2, 0.25) is 5.02 Å². The molecule has 1 amide bonds. The Morgan fingerprint density at radius 3 is 2.85 bits per heavy atom. The molecule has 2 aromatic carbocycles. The van der Waals surface area contributed by atoms with Crippen molar-refractivity contribution in [1.82, 2.24) is 10.3 Å². The number of nitro groups is 1. The van der Waals surface area contributed by atoms with Gasteiger partial charge in [-0.1, -0.05) is 29.8 Å². The van der Waals surface area contributed by atoms with E-state index in [1.807, 2.05) is 25.1 Å². The van der Waals surface area contributed by atoms with Gasteiger partial charge in [0, 0.05) is 45.9 Å². The smallest absolute Gasteiger partial charge is 0.270 e. The number of halogens is 1. The highest BCUT2D eigenvalue weighted by atomic mass is 35.5. The minimum Gasteiger partial charge on any atom is -0.358 e. The molecular weight excluding hydrogens is 374 g/mol. The van der Waals surface area contributed by atoms with Crippen molar-refractivity contribution in [3.8, 4) is 0 Å². The number of H-pyrrole nitrogens is 1. The average molecular weight is 390 g/mol. The molecule has 0 aliphatic heterocycles. The molecule has 2 N–H and O–H groups in total. The lowest BCUT2D eigenvalue weighted by molar-refractivity contribution is -0.384. The molecule has 0 aliphatic carbocycles. The van der Waals surface area contributed by atoms with Crippen LogP contribution in [0.4, 0.5) is 5.69 Å². The number of hydrogen-bond donors (Lipinski definition) is 2. The van der Waals surface area contributed by atoms with Gasteiger partial charge in [0.1, 0.15) is 0 Å². The fourth-order valence-corrected chi connectivity index (χ4v) is 3.86. The highest BCUT2D eigenvalue weighted by molar-refractivity contribution is 7.99. The van der Waals surface area contributed by atoms with Crippen LogP contribution in [0.15, 0.2) is 47.4 Å². The molecule has 0 radical (unpaired) electrons. The zero-order chi connectivity index (χ0) is 18.7. The van der Waals surface area contributed by atoms with Crippen LogP contribution in [-0.4, -0.2) is 28.1 Å². The van der Waals surface area contributed by atoms with Crippen LogP contribution in [0.25, 0.3) is 10.9 Å². The lowest BCUT2D eigenvalue weighted by Crippen LogP contribution is -2.26. The zero-order valence-electron chi connectivity index (χ0n) is 13.9. The van der Waals surface area contributed by atoms with E-state index in [2.05, 4.69) is 16.4 Å². The molecule has 3 aromatic rings. The summed E-state index contributed by atoms with van der Waals surface area (Å²) in [5.74, 6) is 0.246. The minimum atomic E-state index is -0.553. The zero-order valence-corrected chi connectivity index (χ0v) is 15.5. The fourth-order valence-electron chi connectivity index (χ4n) is 2.65. The van der Waals surface area contributed by atoms with Gasteiger partial charge < -0.3 is 10.3 Å². The van der Waals surface area contributed by atoms with Gasteiger partial charge in [-0.3, -0.25) is 14.9 Å². The van der Waals surface area contributed by atoms with E-state index in [0.29, 0.717) is 12.3 Å². The van der Waals surface area contributed by atoms with Gasteiger partial charge in [0.05, 0.1) is 15.5 Å². The normalized spacial score (nSPS) is 10.8. The number of fused-ring (bicyclic) bond motifs is 1. The third kappa shape index (κ3) is 3.84. The second kappa shape index (κ2) is 7.80. The number of non-ortho nitro benzene ring substituents is 1.